The van der Waals surface area contributed by atoms with E-state index < -0.39 is 0 Å². The zero-order valence-corrected chi connectivity index (χ0v) is 20.8. The van der Waals surface area contributed by atoms with Crippen LogP contribution in [0.25, 0.3) is 21.6 Å². The van der Waals surface area contributed by atoms with E-state index in [1.54, 1.807) is 17.4 Å². The van der Waals surface area contributed by atoms with Crippen LogP contribution in [0, 0.1) is 0 Å². The Balaban J connectivity index is 1.45. The molecule has 5 nitrogen and oxygen atoms in total. The number of aliphatic hydroxyl groups is 1. The van der Waals surface area contributed by atoms with E-state index in [-0.39, 0.29) is 23.6 Å². The first-order chi connectivity index (χ1) is 15.7. The standard InChI is InChI=1S/C26H30ClN3O2S/c1-26(2,3)24-13-16(10-11-28-24)17-12-23(33-15-17)21-9-6-19(14-22(21)27)30-25(32)29-18-4-7-20(31)8-5-18/h6,9-15,18,20,31H,4-5,7-8H2,1-3H3,(H2,29,30,32). The number of halogens is 1. The van der Waals surface area contributed by atoms with Crippen LogP contribution in [0.1, 0.15) is 52.1 Å². The molecule has 0 spiro atoms. The Labute approximate surface area is 204 Å². The Kier molecular flexibility index (Phi) is 7.07. The van der Waals surface area contributed by atoms with Crippen molar-refractivity contribution in [3.8, 4) is 21.6 Å². The third kappa shape index (κ3) is 5.94. The topological polar surface area (TPSA) is 74.2 Å². The van der Waals surface area contributed by atoms with Crippen LogP contribution >= 0.6 is 22.9 Å². The van der Waals surface area contributed by atoms with Gasteiger partial charge in [0.15, 0.2) is 0 Å². The summed E-state index contributed by atoms with van der Waals surface area (Å²) in [4.78, 5) is 17.9. The number of rotatable bonds is 4. The summed E-state index contributed by atoms with van der Waals surface area (Å²) in [6.45, 7) is 6.48. The van der Waals surface area contributed by atoms with Gasteiger partial charge in [-0.25, -0.2) is 4.79 Å². The second kappa shape index (κ2) is 9.84. The Morgan fingerprint density at radius 3 is 2.55 bits per heavy atom. The van der Waals surface area contributed by atoms with Crippen LogP contribution in [0.2, 0.25) is 5.02 Å². The average molecular weight is 484 g/mol. The number of amides is 2. The SMILES string of the molecule is CC(C)(C)c1cc(-c2csc(-c3ccc(NC(=O)NC4CCC(O)CC4)cc3Cl)c2)ccn1. The number of pyridine rings is 1. The van der Waals surface area contributed by atoms with Crippen LogP contribution in [-0.2, 0) is 5.41 Å². The molecule has 0 atom stereocenters. The monoisotopic (exact) mass is 483 g/mol. The van der Waals surface area contributed by atoms with Crippen molar-refractivity contribution in [3.63, 3.8) is 0 Å². The second-order valence-corrected chi connectivity index (χ2v) is 11.0. The molecule has 7 heteroatoms. The molecule has 33 heavy (non-hydrogen) atoms. The minimum absolute atomic E-state index is 0.00840. The number of aliphatic hydroxyl groups excluding tert-OH is 1. The number of benzene rings is 1. The van der Waals surface area contributed by atoms with Gasteiger partial charge in [0.1, 0.15) is 0 Å². The van der Waals surface area contributed by atoms with Gasteiger partial charge in [0.05, 0.1) is 11.1 Å². The highest BCUT2D eigenvalue weighted by molar-refractivity contribution is 7.14. The molecular weight excluding hydrogens is 454 g/mol. The maximum Gasteiger partial charge on any atom is 0.319 e. The molecule has 2 heterocycles. The maximum atomic E-state index is 12.4. The zero-order valence-electron chi connectivity index (χ0n) is 19.2. The van der Waals surface area contributed by atoms with Crippen LogP contribution in [0.15, 0.2) is 48.0 Å². The molecule has 3 N–H and O–H groups in total. The molecule has 1 saturated carbocycles. The van der Waals surface area contributed by atoms with Crippen LogP contribution in [0.5, 0.6) is 0 Å². The van der Waals surface area contributed by atoms with Gasteiger partial charge in [0.25, 0.3) is 0 Å². The number of carbonyl (C=O) groups is 1. The summed E-state index contributed by atoms with van der Waals surface area (Å²) in [6.07, 6.45) is 4.67. The summed E-state index contributed by atoms with van der Waals surface area (Å²) >= 11 is 8.24. The van der Waals surface area contributed by atoms with Gasteiger partial charge in [-0.15, -0.1) is 11.3 Å². The fourth-order valence-corrected chi connectivity index (χ4v) is 5.31. The Morgan fingerprint density at radius 2 is 1.85 bits per heavy atom. The minimum atomic E-state index is -0.244. The Hall–Kier alpha value is -2.41. The number of carbonyl (C=O) groups excluding carboxylic acids is 1. The van der Waals surface area contributed by atoms with Crippen molar-refractivity contribution in [1.29, 1.82) is 0 Å². The maximum absolute atomic E-state index is 12.4. The van der Waals surface area contributed by atoms with Crippen molar-refractivity contribution in [2.45, 2.75) is 64.0 Å². The molecule has 1 aliphatic carbocycles. The number of urea groups is 1. The number of nitrogens with zero attached hydrogens (tertiary/aromatic N) is 1. The Morgan fingerprint density at radius 1 is 1.09 bits per heavy atom. The predicted molar refractivity (Wildman–Crippen MR) is 137 cm³/mol. The van der Waals surface area contributed by atoms with Gasteiger partial charge in [0, 0.05) is 39.5 Å². The number of hydrogen-bond acceptors (Lipinski definition) is 4. The van der Waals surface area contributed by atoms with Crippen molar-refractivity contribution in [2.75, 3.05) is 5.32 Å². The largest absolute Gasteiger partial charge is 0.393 e. The lowest BCUT2D eigenvalue weighted by Gasteiger charge is -2.26. The lowest BCUT2D eigenvalue weighted by Crippen LogP contribution is -2.40. The number of hydrogen-bond donors (Lipinski definition) is 3. The summed E-state index contributed by atoms with van der Waals surface area (Å²) in [5, 5.41) is 18.2. The van der Waals surface area contributed by atoms with Crippen molar-refractivity contribution >= 4 is 34.7 Å². The molecule has 0 bridgehead atoms. The van der Waals surface area contributed by atoms with Gasteiger partial charge in [-0.1, -0.05) is 32.4 Å². The smallest absolute Gasteiger partial charge is 0.319 e. The van der Waals surface area contributed by atoms with Crippen molar-refractivity contribution in [1.82, 2.24) is 10.3 Å². The second-order valence-electron chi connectivity index (χ2n) is 9.68. The van der Waals surface area contributed by atoms with Gasteiger partial charge in [-0.3, -0.25) is 4.98 Å². The van der Waals surface area contributed by atoms with E-state index >= 15 is 0 Å². The van der Waals surface area contributed by atoms with Crippen molar-refractivity contribution in [3.05, 3.63) is 58.7 Å². The highest BCUT2D eigenvalue weighted by Crippen LogP contribution is 2.38. The van der Waals surface area contributed by atoms with E-state index in [0.717, 1.165) is 52.9 Å². The molecule has 1 aliphatic rings. The van der Waals surface area contributed by atoms with E-state index in [9.17, 15) is 9.90 Å². The molecule has 0 radical (unpaired) electrons. The molecule has 0 saturated heterocycles. The number of aromatic nitrogens is 1. The van der Waals surface area contributed by atoms with Crippen LogP contribution in [0.3, 0.4) is 0 Å². The van der Waals surface area contributed by atoms with Crippen LogP contribution in [-0.4, -0.2) is 28.3 Å². The Bertz CT molecular complexity index is 1130. The van der Waals surface area contributed by atoms with Gasteiger partial charge in [-0.05, 0) is 78.6 Å². The van der Waals surface area contributed by atoms with Crippen LogP contribution < -0.4 is 10.6 Å². The van der Waals surface area contributed by atoms with Gasteiger partial charge in [0.2, 0.25) is 0 Å². The molecule has 0 unspecified atom stereocenters. The van der Waals surface area contributed by atoms with E-state index in [0.29, 0.717) is 10.7 Å². The minimum Gasteiger partial charge on any atom is -0.393 e. The lowest BCUT2D eigenvalue weighted by atomic mass is 9.90. The lowest BCUT2D eigenvalue weighted by molar-refractivity contribution is 0.118. The third-order valence-corrected chi connectivity index (χ3v) is 7.26. The van der Waals surface area contributed by atoms with E-state index in [2.05, 4.69) is 53.9 Å². The normalized spacial score (nSPS) is 18.7. The molecule has 4 rings (SSSR count). The van der Waals surface area contributed by atoms with Crippen molar-refractivity contribution < 1.29 is 9.90 Å². The number of anilines is 1. The summed E-state index contributed by atoms with van der Waals surface area (Å²) in [6, 6.07) is 11.8. The van der Waals surface area contributed by atoms with Gasteiger partial charge in [-0.2, -0.15) is 0 Å². The average Bonchev–Trinajstić information content (AvgIpc) is 3.25. The predicted octanol–water partition coefficient (Wildman–Crippen LogP) is 6.85. The fourth-order valence-electron chi connectivity index (χ4n) is 4.01. The molecule has 1 fully saturated rings. The quantitative estimate of drug-likeness (QED) is 0.379. The van der Waals surface area contributed by atoms with Crippen molar-refractivity contribution in [2.24, 2.45) is 0 Å². The van der Waals surface area contributed by atoms with Gasteiger partial charge >= 0.3 is 6.03 Å². The molecule has 2 amide bonds. The molecular formula is C26H30ClN3O2S. The zero-order chi connectivity index (χ0) is 23.6. The highest BCUT2D eigenvalue weighted by Gasteiger charge is 2.21. The summed E-state index contributed by atoms with van der Waals surface area (Å²) in [7, 11) is 0. The molecule has 0 aliphatic heterocycles. The van der Waals surface area contributed by atoms with E-state index in [4.69, 9.17) is 11.6 Å². The number of nitrogens with one attached hydrogen (secondary N) is 2. The summed E-state index contributed by atoms with van der Waals surface area (Å²) in [5.41, 5.74) is 4.91. The van der Waals surface area contributed by atoms with Crippen LogP contribution in [0.4, 0.5) is 10.5 Å². The summed E-state index contributed by atoms with van der Waals surface area (Å²) < 4.78 is 0. The molecule has 1 aromatic carbocycles. The third-order valence-electron chi connectivity index (χ3n) is 5.99. The molecule has 3 aromatic rings. The highest BCUT2D eigenvalue weighted by atomic mass is 35.5. The first-order valence-corrected chi connectivity index (χ1v) is 12.6. The van der Waals surface area contributed by atoms with E-state index in [1.165, 1.54) is 0 Å². The number of thiophene rings is 1. The molecule has 174 valence electrons. The molecule has 2 aromatic heterocycles. The fraction of sp³-hybridized carbons (Fsp3) is 0.385. The summed E-state index contributed by atoms with van der Waals surface area (Å²) in [5.74, 6) is 0. The first kappa shape index (κ1) is 23.7. The van der Waals surface area contributed by atoms with Gasteiger partial charge < -0.3 is 15.7 Å². The van der Waals surface area contributed by atoms with E-state index in [1.807, 2.05) is 24.4 Å². The first-order valence-electron chi connectivity index (χ1n) is 11.3.